The third-order valence-electron chi connectivity index (χ3n) is 9.14. The second-order valence-corrected chi connectivity index (χ2v) is 12.4. The Kier molecular flexibility index (Phi) is 8.78. The SMILES string of the molecule is CC(C)[C@H](NCC(=O)[C@H]1CC[C@H](n2ncc(C(=O)N3CCC(c4ccccc4C(F)(F)F)C3)c2C2CC2)CC1)C(=O)O. The maximum absolute atomic E-state index is 13.7. The van der Waals surface area contributed by atoms with Gasteiger partial charge in [0.1, 0.15) is 11.8 Å². The smallest absolute Gasteiger partial charge is 0.416 e. The van der Waals surface area contributed by atoms with Crippen molar-refractivity contribution in [1.82, 2.24) is 20.0 Å². The van der Waals surface area contributed by atoms with E-state index in [1.54, 1.807) is 31.0 Å². The van der Waals surface area contributed by atoms with Gasteiger partial charge < -0.3 is 10.0 Å². The predicted octanol–water partition coefficient (Wildman–Crippen LogP) is 5.41. The van der Waals surface area contributed by atoms with E-state index >= 15 is 0 Å². The Labute approximate surface area is 243 Å². The number of carboxylic acid groups (broad SMARTS) is 1. The van der Waals surface area contributed by atoms with Gasteiger partial charge in [-0.15, -0.1) is 0 Å². The van der Waals surface area contributed by atoms with E-state index in [0.29, 0.717) is 31.4 Å². The van der Waals surface area contributed by atoms with Crippen LogP contribution in [0.15, 0.2) is 30.5 Å². The van der Waals surface area contributed by atoms with Crippen molar-refractivity contribution in [3.05, 3.63) is 52.8 Å². The number of likely N-dealkylation sites (tertiary alicyclic amines) is 1. The molecule has 1 unspecified atom stereocenters. The molecule has 1 aliphatic heterocycles. The van der Waals surface area contributed by atoms with E-state index in [-0.39, 0.29) is 60.1 Å². The van der Waals surface area contributed by atoms with Crippen LogP contribution in [0.3, 0.4) is 0 Å². The molecule has 42 heavy (non-hydrogen) atoms. The van der Waals surface area contributed by atoms with Gasteiger partial charge >= 0.3 is 12.1 Å². The van der Waals surface area contributed by atoms with Gasteiger partial charge in [-0.2, -0.15) is 18.3 Å². The number of ketones is 1. The van der Waals surface area contributed by atoms with Crippen molar-refractivity contribution in [1.29, 1.82) is 0 Å². The lowest BCUT2D eigenvalue weighted by Crippen LogP contribution is -2.44. The van der Waals surface area contributed by atoms with E-state index in [2.05, 4.69) is 10.4 Å². The summed E-state index contributed by atoms with van der Waals surface area (Å²) in [5, 5.41) is 16.9. The van der Waals surface area contributed by atoms with Gasteiger partial charge in [0.15, 0.2) is 0 Å². The summed E-state index contributed by atoms with van der Waals surface area (Å²) in [5.41, 5.74) is 1.06. The molecule has 2 N–H and O–H groups in total. The first kappa shape index (κ1) is 30.3. The van der Waals surface area contributed by atoms with Crippen molar-refractivity contribution in [2.45, 2.75) is 88.9 Å². The Morgan fingerprint density at radius 3 is 2.33 bits per heavy atom. The van der Waals surface area contributed by atoms with Crippen molar-refractivity contribution >= 4 is 17.7 Å². The molecule has 3 fully saturated rings. The zero-order chi connectivity index (χ0) is 30.2. The standard InChI is InChI=1S/C31H39F3N4O4/c1-18(2)27(30(41)42)35-16-26(39)19-9-11-22(12-10-19)38-28(20-7-8-20)24(15-36-38)29(40)37-14-13-21(17-37)23-5-3-4-6-25(23)31(32,33)34/h3-6,15,18-22,27,35H,7-14,16-17H2,1-2H3,(H,41,42)/t19-,21?,22-,27-/m0/s1. The topological polar surface area (TPSA) is 105 Å². The molecule has 0 radical (unpaired) electrons. The number of Topliss-reactive ketones (excluding diaryl/α,β-unsaturated/α-hetero) is 1. The fraction of sp³-hybridized carbons (Fsp3) is 0.613. The van der Waals surface area contributed by atoms with Crippen molar-refractivity contribution in [3.63, 3.8) is 0 Å². The first-order valence-corrected chi connectivity index (χ1v) is 15.0. The van der Waals surface area contributed by atoms with Crippen LogP contribution in [0, 0.1) is 11.8 Å². The highest BCUT2D eigenvalue weighted by molar-refractivity contribution is 5.95. The number of rotatable bonds is 10. The molecule has 2 atom stereocenters. The summed E-state index contributed by atoms with van der Waals surface area (Å²) >= 11 is 0. The average Bonchev–Trinajstić information content (AvgIpc) is 3.49. The van der Waals surface area contributed by atoms with Gasteiger partial charge in [-0.05, 0) is 62.5 Å². The Morgan fingerprint density at radius 2 is 1.71 bits per heavy atom. The number of hydrogen-bond acceptors (Lipinski definition) is 5. The lowest BCUT2D eigenvalue weighted by molar-refractivity contribution is -0.141. The zero-order valence-corrected chi connectivity index (χ0v) is 24.1. The van der Waals surface area contributed by atoms with Gasteiger partial charge in [0.25, 0.3) is 5.91 Å². The van der Waals surface area contributed by atoms with Crippen LogP contribution in [0.1, 0.15) is 104 Å². The number of hydrogen-bond donors (Lipinski definition) is 2. The Hall–Kier alpha value is -3.21. The van der Waals surface area contributed by atoms with Crippen LogP contribution >= 0.6 is 0 Å². The van der Waals surface area contributed by atoms with Gasteiger partial charge in [-0.25, -0.2) is 0 Å². The first-order valence-electron chi connectivity index (χ1n) is 15.0. The molecule has 1 amide bonds. The number of nitrogens with zero attached hydrogens (tertiary/aromatic N) is 3. The summed E-state index contributed by atoms with van der Waals surface area (Å²) in [4.78, 5) is 39.6. The molecule has 1 saturated heterocycles. The lowest BCUT2D eigenvalue weighted by atomic mass is 9.83. The molecular formula is C31H39F3N4O4. The lowest BCUT2D eigenvalue weighted by Gasteiger charge is -2.30. The monoisotopic (exact) mass is 588 g/mol. The molecule has 2 aromatic rings. The molecule has 0 spiro atoms. The molecule has 228 valence electrons. The highest BCUT2D eigenvalue weighted by Crippen LogP contribution is 2.45. The molecule has 2 heterocycles. The van der Waals surface area contributed by atoms with E-state index in [0.717, 1.165) is 37.4 Å². The van der Waals surface area contributed by atoms with Crippen LogP contribution in [-0.4, -0.2) is 63.1 Å². The number of aliphatic carboxylic acids is 1. The summed E-state index contributed by atoms with van der Waals surface area (Å²) < 4.78 is 42.8. The molecule has 3 aliphatic rings. The minimum atomic E-state index is -4.44. The summed E-state index contributed by atoms with van der Waals surface area (Å²) in [7, 11) is 0. The molecule has 11 heteroatoms. The zero-order valence-electron chi connectivity index (χ0n) is 24.1. The van der Waals surface area contributed by atoms with Gasteiger partial charge in [-0.3, -0.25) is 24.4 Å². The molecule has 1 aromatic heterocycles. The normalized spacial score (nSPS) is 23.8. The molecule has 2 saturated carbocycles. The number of benzene rings is 1. The number of amides is 1. The second-order valence-electron chi connectivity index (χ2n) is 12.4. The molecule has 5 rings (SSSR count). The maximum atomic E-state index is 13.7. The number of alkyl halides is 3. The van der Waals surface area contributed by atoms with Crippen LogP contribution in [0.5, 0.6) is 0 Å². The Morgan fingerprint density at radius 1 is 1.02 bits per heavy atom. The number of carboxylic acids is 1. The van der Waals surface area contributed by atoms with Crippen molar-refractivity contribution in [2.24, 2.45) is 11.8 Å². The van der Waals surface area contributed by atoms with Gasteiger partial charge in [0.05, 0.1) is 35.6 Å². The Balaban J connectivity index is 1.23. The van der Waals surface area contributed by atoms with Gasteiger partial charge in [0.2, 0.25) is 0 Å². The highest BCUT2D eigenvalue weighted by atomic mass is 19.4. The predicted molar refractivity (Wildman–Crippen MR) is 149 cm³/mol. The minimum absolute atomic E-state index is 0.0229. The molecule has 2 aliphatic carbocycles. The van der Waals surface area contributed by atoms with Crippen LogP contribution in [0.25, 0.3) is 0 Å². The molecule has 0 bridgehead atoms. The fourth-order valence-electron chi connectivity index (χ4n) is 6.68. The quantitative estimate of drug-likeness (QED) is 0.385. The molecular weight excluding hydrogens is 549 g/mol. The van der Waals surface area contributed by atoms with E-state index in [1.807, 2.05) is 4.68 Å². The number of nitrogens with one attached hydrogen (secondary N) is 1. The van der Waals surface area contributed by atoms with Crippen LogP contribution in [-0.2, 0) is 15.8 Å². The summed E-state index contributed by atoms with van der Waals surface area (Å²) in [6, 6.07) is 4.92. The van der Waals surface area contributed by atoms with E-state index in [1.165, 1.54) is 12.1 Å². The second kappa shape index (κ2) is 12.2. The summed E-state index contributed by atoms with van der Waals surface area (Å²) in [5.74, 6) is -1.53. The maximum Gasteiger partial charge on any atom is 0.416 e. The van der Waals surface area contributed by atoms with Crippen molar-refractivity contribution in [3.8, 4) is 0 Å². The van der Waals surface area contributed by atoms with E-state index in [4.69, 9.17) is 0 Å². The number of halogens is 3. The van der Waals surface area contributed by atoms with E-state index in [9.17, 15) is 32.7 Å². The number of carbonyl (C=O) groups is 3. The van der Waals surface area contributed by atoms with Gasteiger partial charge in [-0.1, -0.05) is 32.0 Å². The van der Waals surface area contributed by atoms with Crippen molar-refractivity contribution in [2.75, 3.05) is 19.6 Å². The Bertz CT molecular complexity index is 1310. The van der Waals surface area contributed by atoms with Gasteiger partial charge in [0, 0.05) is 30.8 Å². The average molecular weight is 589 g/mol. The third-order valence-corrected chi connectivity index (χ3v) is 9.14. The van der Waals surface area contributed by atoms with E-state index < -0.39 is 23.8 Å². The number of aromatic nitrogens is 2. The van der Waals surface area contributed by atoms with Crippen LogP contribution < -0.4 is 5.32 Å². The van der Waals surface area contributed by atoms with Crippen LogP contribution in [0.2, 0.25) is 0 Å². The highest BCUT2D eigenvalue weighted by Gasteiger charge is 2.40. The molecule has 1 aromatic carbocycles. The summed E-state index contributed by atoms with van der Waals surface area (Å²) in [6.45, 7) is 4.27. The first-order chi connectivity index (χ1) is 20.0. The largest absolute Gasteiger partial charge is 0.480 e. The van der Waals surface area contributed by atoms with Crippen LogP contribution in [0.4, 0.5) is 13.2 Å². The number of carbonyl (C=O) groups excluding carboxylic acids is 2. The fourth-order valence-corrected chi connectivity index (χ4v) is 6.68. The minimum Gasteiger partial charge on any atom is -0.480 e. The third kappa shape index (κ3) is 6.40. The summed E-state index contributed by atoms with van der Waals surface area (Å²) in [6.07, 6.45) is 2.39. The molecule has 8 nitrogen and oxygen atoms in total. The van der Waals surface area contributed by atoms with Crippen molar-refractivity contribution < 1.29 is 32.7 Å².